The molecule has 0 bridgehead atoms. The Bertz CT molecular complexity index is 1160. The molecule has 26 heavy (non-hydrogen) atoms. The van der Waals surface area contributed by atoms with Gasteiger partial charge in [0.05, 0.1) is 11.8 Å². The van der Waals surface area contributed by atoms with Crippen LogP contribution in [0.15, 0.2) is 28.0 Å². The molecule has 0 aliphatic heterocycles. The highest BCUT2D eigenvalue weighted by atomic mass is 79.9. The zero-order valence-corrected chi connectivity index (χ0v) is 15.5. The Kier molecular flexibility index (Phi) is 4.27. The summed E-state index contributed by atoms with van der Waals surface area (Å²) in [4.78, 5) is 24.0. The molecule has 4 rings (SSSR count). The third-order valence-electron chi connectivity index (χ3n) is 4.21. The molecule has 0 amide bonds. The average molecular weight is 420 g/mol. The second-order valence-corrected chi connectivity index (χ2v) is 6.66. The number of unbranched alkanes of at least 4 members (excludes halogenated alkanes) is 2. The first-order chi connectivity index (χ1) is 12.6. The van der Waals surface area contributed by atoms with E-state index in [4.69, 9.17) is 0 Å². The highest BCUT2D eigenvalue weighted by Gasteiger charge is 2.21. The number of halogens is 2. The lowest BCUT2D eigenvalue weighted by Gasteiger charge is -2.09. The number of hydrogen-bond donors (Lipinski definition) is 1. The summed E-state index contributed by atoms with van der Waals surface area (Å²) in [7, 11) is 0. The molecule has 0 saturated heterocycles. The van der Waals surface area contributed by atoms with E-state index in [2.05, 4.69) is 48.0 Å². The van der Waals surface area contributed by atoms with E-state index in [9.17, 15) is 9.18 Å². The summed E-state index contributed by atoms with van der Waals surface area (Å²) >= 11 is 3.28. The molecule has 8 nitrogen and oxygen atoms in total. The van der Waals surface area contributed by atoms with Crippen molar-refractivity contribution in [1.82, 2.24) is 34.1 Å². The van der Waals surface area contributed by atoms with Crippen LogP contribution in [0, 0.1) is 5.82 Å². The van der Waals surface area contributed by atoms with E-state index in [0.717, 1.165) is 25.5 Å². The molecular weight excluding hydrogens is 405 g/mol. The molecule has 4 heterocycles. The molecule has 0 aliphatic carbocycles. The van der Waals surface area contributed by atoms with Crippen LogP contribution in [0.25, 0.3) is 28.3 Å². The number of aryl methyl sites for hydroxylation is 1. The zero-order valence-electron chi connectivity index (χ0n) is 13.9. The fourth-order valence-electron chi connectivity index (χ4n) is 2.98. The molecule has 4 aromatic heterocycles. The van der Waals surface area contributed by atoms with Gasteiger partial charge in [-0.1, -0.05) is 19.8 Å². The van der Waals surface area contributed by atoms with E-state index in [0.29, 0.717) is 28.2 Å². The van der Waals surface area contributed by atoms with E-state index >= 15 is 0 Å². The highest BCUT2D eigenvalue weighted by molar-refractivity contribution is 9.10. The minimum absolute atomic E-state index is 0.141. The van der Waals surface area contributed by atoms with E-state index in [1.807, 2.05) is 4.57 Å². The van der Waals surface area contributed by atoms with Crippen molar-refractivity contribution in [3.8, 4) is 11.4 Å². The minimum Gasteiger partial charge on any atom is -0.327 e. The van der Waals surface area contributed by atoms with Crippen LogP contribution in [0.5, 0.6) is 0 Å². The SMILES string of the molecule is CCCCCn1c2nc(Br)[nH]c2c(=O)n2c(-c3ccncc3F)nnc12. The van der Waals surface area contributed by atoms with Gasteiger partial charge in [-0.05, 0) is 28.4 Å². The number of imidazole rings is 1. The highest BCUT2D eigenvalue weighted by Crippen LogP contribution is 2.22. The van der Waals surface area contributed by atoms with Crippen molar-refractivity contribution in [1.29, 1.82) is 0 Å². The summed E-state index contributed by atoms with van der Waals surface area (Å²) in [5.74, 6) is -0.0878. The van der Waals surface area contributed by atoms with Gasteiger partial charge in [-0.3, -0.25) is 14.3 Å². The number of rotatable bonds is 5. The number of H-pyrrole nitrogens is 1. The second kappa shape index (κ2) is 6.60. The minimum atomic E-state index is -0.565. The van der Waals surface area contributed by atoms with E-state index in [-0.39, 0.29) is 16.9 Å². The van der Waals surface area contributed by atoms with Crippen molar-refractivity contribution >= 4 is 32.9 Å². The molecule has 0 radical (unpaired) electrons. The Morgan fingerprint density at radius 2 is 2.15 bits per heavy atom. The summed E-state index contributed by atoms with van der Waals surface area (Å²) in [6, 6.07) is 1.47. The zero-order chi connectivity index (χ0) is 18.3. The third-order valence-corrected chi connectivity index (χ3v) is 4.59. The maximum atomic E-state index is 14.2. The second-order valence-electron chi connectivity index (χ2n) is 5.90. The van der Waals surface area contributed by atoms with E-state index in [1.54, 1.807) is 0 Å². The molecule has 0 unspecified atom stereocenters. The van der Waals surface area contributed by atoms with Gasteiger partial charge in [0.15, 0.2) is 27.5 Å². The smallest absolute Gasteiger partial charge is 0.286 e. The van der Waals surface area contributed by atoms with Crippen LogP contribution < -0.4 is 5.56 Å². The van der Waals surface area contributed by atoms with E-state index in [1.165, 1.54) is 16.7 Å². The van der Waals surface area contributed by atoms with Crippen LogP contribution >= 0.6 is 15.9 Å². The standard InChI is InChI=1S/C16H15BrFN7O/c1-2-3-4-7-24-13-11(20-15(17)21-13)14(26)25-12(22-23-16(24)25)9-5-6-19-8-10(9)18/h5-6,8H,2-4,7H2,1H3,(H,20,21). The fourth-order valence-corrected chi connectivity index (χ4v) is 3.35. The average Bonchev–Trinajstić information content (AvgIpc) is 3.22. The molecule has 134 valence electrons. The fraction of sp³-hybridized carbons (Fsp3) is 0.312. The van der Waals surface area contributed by atoms with Crippen LogP contribution in [-0.4, -0.2) is 34.1 Å². The quantitative estimate of drug-likeness (QED) is 0.396. The Morgan fingerprint density at radius 1 is 1.31 bits per heavy atom. The monoisotopic (exact) mass is 419 g/mol. The van der Waals surface area contributed by atoms with Crippen molar-refractivity contribution in [3.63, 3.8) is 0 Å². The largest absolute Gasteiger partial charge is 0.327 e. The molecule has 1 N–H and O–H groups in total. The molecule has 0 saturated carbocycles. The number of pyridine rings is 1. The van der Waals surface area contributed by atoms with Gasteiger partial charge in [0.1, 0.15) is 0 Å². The van der Waals surface area contributed by atoms with Gasteiger partial charge in [0.25, 0.3) is 5.56 Å². The van der Waals surface area contributed by atoms with Crippen LogP contribution in [0.3, 0.4) is 0 Å². The molecular formula is C16H15BrFN7O. The lowest BCUT2D eigenvalue weighted by atomic mass is 10.2. The number of aromatic nitrogens is 7. The predicted octanol–water partition coefficient (Wildman–Crippen LogP) is 2.92. The van der Waals surface area contributed by atoms with Gasteiger partial charge >= 0.3 is 0 Å². The number of aromatic amines is 1. The molecule has 0 spiro atoms. The molecule has 0 atom stereocenters. The first-order valence-corrected chi connectivity index (χ1v) is 9.04. The van der Waals surface area contributed by atoms with Gasteiger partial charge in [0.2, 0.25) is 5.78 Å². The third kappa shape index (κ3) is 2.61. The Labute approximate surface area is 155 Å². The van der Waals surface area contributed by atoms with Gasteiger partial charge < -0.3 is 4.98 Å². The van der Waals surface area contributed by atoms with Crippen LogP contribution in [0.1, 0.15) is 26.2 Å². The van der Waals surface area contributed by atoms with Crippen molar-refractivity contribution < 1.29 is 4.39 Å². The van der Waals surface area contributed by atoms with Crippen LogP contribution in [-0.2, 0) is 6.54 Å². The topological polar surface area (TPSA) is 93.8 Å². The van der Waals surface area contributed by atoms with Crippen LogP contribution in [0.2, 0.25) is 0 Å². The van der Waals surface area contributed by atoms with Crippen molar-refractivity contribution in [3.05, 3.63) is 39.4 Å². The summed E-state index contributed by atoms with van der Waals surface area (Å²) in [6.45, 7) is 2.74. The number of nitrogens with zero attached hydrogens (tertiary/aromatic N) is 6. The first-order valence-electron chi connectivity index (χ1n) is 8.24. The van der Waals surface area contributed by atoms with E-state index < -0.39 is 5.82 Å². The predicted molar refractivity (Wildman–Crippen MR) is 97.3 cm³/mol. The molecule has 10 heteroatoms. The molecule has 0 aliphatic rings. The summed E-state index contributed by atoms with van der Waals surface area (Å²) in [5, 5.41) is 8.23. The van der Waals surface area contributed by atoms with Crippen molar-refractivity contribution in [2.24, 2.45) is 0 Å². The van der Waals surface area contributed by atoms with Gasteiger partial charge in [-0.2, -0.15) is 0 Å². The van der Waals surface area contributed by atoms with Crippen molar-refractivity contribution in [2.45, 2.75) is 32.7 Å². The number of fused-ring (bicyclic) bond motifs is 2. The number of nitrogens with one attached hydrogen (secondary N) is 1. The Morgan fingerprint density at radius 3 is 2.92 bits per heavy atom. The summed E-state index contributed by atoms with van der Waals surface area (Å²) < 4.78 is 17.8. The lowest BCUT2D eigenvalue weighted by molar-refractivity contribution is 0.612. The number of hydrogen-bond acceptors (Lipinski definition) is 5. The van der Waals surface area contributed by atoms with Gasteiger partial charge in [0, 0.05) is 12.7 Å². The summed E-state index contributed by atoms with van der Waals surface area (Å²) in [6.07, 6.45) is 5.53. The molecule has 0 aromatic carbocycles. The lowest BCUT2D eigenvalue weighted by Crippen LogP contribution is -2.20. The maximum absolute atomic E-state index is 14.2. The van der Waals surface area contributed by atoms with Crippen LogP contribution in [0.4, 0.5) is 4.39 Å². The molecule has 0 fully saturated rings. The Balaban J connectivity index is 2.04. The van der Waals surface area contributed by atoms with Gasteiger partial charge in [-0.15, -0.1) is 10.2 Å². The molecule has 4 aromatic rings. The summed E-state index contributed by atoms with van der Waals surface area (Å²) in [5.41, 5.74) is 0.606. The maximum Gasteiger partial charge on any atom is 0.286 e. The van der Waals surface area contributed by atoms with Crippen molar-refractivity contribution in [2.75, 3.05) is 0 Å². The normalized spacial score (nSPS) is 11.7. The van der Waals surface area contributed by atoms with Gasteiger partial charge in [-0.25, -0.2) is 13.8 Å². The first kappa shape index (κ1) is 16.8. The Hall–Kier alpha value is -2.62.